The summed E-state index contributed by atoms with van der Waals surface area (Å²) in [5.74, 6) is 1.03. The number of benzene rings is 1. The molecule has 3 nitrogen and oxygen atoms in total. The van der Waals surface area contributed by atoms with Gasteiger partial charge in [-0.15, -0.1) is 0 Å². The maximum atomic E-state index is 11.6. The molecule has 1 rings (SSSR count). The first-order valence-electron chi connectivity index (χ1n) is 4.73. The first-order chi connectivity index (χ1) is 7.19. The first kappa shape index (κ1) is 11.9. The Morgan fingerprint density at radius 1 is 1.53 bits per heavy atom. The molecule has 1 atom stereocenters. The van der Waals surface area contributed by atoms with E-state index in [4.69, 9.17) is 4.74 Å². The van der Waals surface area contributed by atoms with Gasteiger partial charge in [-0.25, -0.2) is 0 Å². The van der Waals surface area contributed by atoms with E-state index in [2.05, 4.69) is 17.9 Å². The number of hydrogen-bond acceptors (Lipinski definition) is 3. The van der Waals surface area contributed by atoms with Crippen molar-refractivity contribution in [3.63, 3.8) is 0 Å². The van der Waals surface area contributed by atoms with Crippen molar-refractivity contribution in [3.05, 3.63) is 24.3 Å². The predicted molar refractivity (Wildman–Crippen MR) is 64.6 cm³/mol. The number of para-hydroxylation sites is 2. The topological polar surface area (TPSA) is 38.3 Å². The van der Waals surface area contributed by atoms with Crippen molar-refractivity contribution >= 4 is 24.2 Å². The van der Waals surface area contributed by atoms with Gasteiger partial charge in [0.25, 0.3) is 0 Å². The van der Waals surface area contributed by atoms with Crippen LogP contribution in [0.1, 0.15) is 6.92 Å². The van der Waals surface area contributed by atoms with Crippen molar-refractivity contribution in [2.24, 2.45) is 5.92 Å². The minimum absolute atomic E-state index is 0.0468. The molecular weight excluding hydrogens is 210 g/mol. The van der Waals surface area contributed by atoms with E-state index in [1.165, 1.54) is 0 Å². The van der Waals surface area contributed by atoms with Gasteiger partial charge in [0.1, 0.15) is 5.75 Å². The fraction of sp³-hybridized carbons (Fsp3) is 0.364. The standard InChI is InChI=1S/C11H15NO2S/c1-8(7-15)11(13)12-9-5-3-4-6-10(9)14-2/h3-6,8,15H,7H2,1-2H3,(H,12,13). The molecule has 1 N–H and O–H groups in total. The number of nitrogens with one attached hydrogen (secondary N) is 1. The average molecular weight is 225 g/mol. The van der Waals surface area contributed by atoms with Crippen molar-refractivity contribution in [1.29, 1.82) is 0 Å². The molecule has 0 saturated heterocycles. The van der Waals surface area contributed by atoms with E-state index >= 15 is 0 Å². The number of anilines is 1. The van der Waals surface area contributed by atoms with Crippen LogP contribution in [0.15, 0.2) is 24.3 Å². The highest BCUT2D eigenvalue weighted by atomic mass is 32.1. The Hall–Kier alpha value is -1.16. The molecule has 82 valence electrons. The molecule has 0 saturated carbocycles. The molecule has 15 heavy (non-hydrogen) atoms. The summed E-state index contributed by atoms with van der Waals surface area (Å²) in [6.07, 6.45) is 0. The molecule has 1 aromatic rings. The number of ether oxygens (including phenoxy) is 1. The van der Waals surface area contributed by atoms with Crippen molar-refractivity contribution in [1.82, 2.24) is 0 Å². The van der Waals surface area contributed by atoms with Crippen molar-refractivity contribution in [2.45, 2.75) is 6.92 Å². The van der Waals surface area contributed by atoms with E-state index in [0.29, 0.717) is 17.2 Å². The average Bonchev–Trinajstić information content (AvgIpc) is 2.28. The summed E-state index contributed by atoms with van der Waals surface area (Å²) in [5, 5.41) is 2.80. The summed E-state index contributed by atoms with van der Waals surface area (Å²) in [4.78, 5) is 11.6. The second kappa shape index (κ2) is 5.66. The van der Waals surface area contributed by atoms with Crippen LogP contribution in [0.4, 0.5) is 5.69 Å². The van der Waals surface area contributed by atoms with Crippen LogP contribution in [0.2, 0.25) is 0 Å². The second-order valence-electron chi connectivity index (χ2n) is 3.27. The van der Waals surface area contributed by atoms with Crippen molar-refractivity contribution < 1.29 is 9.53 Å². The minimum Gasteiger partial charge on any atom is -0.495 e. The summed E-state index contributed by atoms with van der Waals surface area (Å²) in [6.45, 7) is 1.83. The van der Waals surface area contributed by atoms with E-state index in [0.717, 1.165) is 0 Å². The van der Waals surface area contributed by atoms with Gasteiger partial charge in [0.2, 0.25) is 5.91 Å². The number of amides is 1. The van der Waals surface area contributed by atoms with Crippen LogP contribution < -0.4 is 10.1 Å². The van der Waals surface area contributed by atoms with Crippen molar-refractivity contribution in [2.75, 3.05) is 18.2 Å². The third-order valence-corrected chi connectivity index (χ3v) is 2.63. The zero-order chi connectivity index (χ0) is 11.3. The SMILES string of the molecule is COc1ccccc1NC(=O)C(C)CS. The third kappa shape index (κ3) is 3.16. The maximum absolute atomic E-state index is 11.6. The maximum Gasteiger partial charge on any atom is 0.228 e. The Kier molecular flexibility index (Phi) is 4.49. The van der Waals surface area contributed by atoms with Gasteiger partial charge < -0.3 is 10.1 Å². The van der Waals surface area contributed by atoms with Crippen LogP contribution in [0.3, 0.4) is 0 Å². The zero-order valence-electron chi connectivity index (χ0n) is 8.86. The smallest absolute Gasteiger partial charge is 0.228 e. The lowest BCUT2D eigenvalue weighted by Crippen LogP contribution is -2.21. The van der Waals surface area contributed by atoms with Gasteiger partial charge in [-0.05, 0) is 12.1 Å². The Balaban J connectivity index is 2.76. The fourth-order valence-corrected chi connectivity index (χ4v) is 1.25. The number of carbonyl (C=O) groups is 1. The Morgan fingerprint density at radius 2 is 2.20 bits per heavy atom. The van der Waals surface area contributed by atoms with Crippen LogP contribution in [0, 0.1) is 5.92 Å². The van der Waals surface area contributed by atoms with E-state index < -0.39 is 0 Å². The molecule has 1 aromatic carbocycles. The van der Waals surface area contributed by atoms with E-state index in [1.54, 1.807) is 13.2 Å². The lowest BCUT2D eigenvalue weighted by Gasteiger charge is -2.12. The predicted octanol–water partition coefficient (Wildman–Crippen LogP) is 2.20. The van der Waals surface area contributed by atoms with E-state index in [-0.39, 0.29) is 11.8 Å². The molecule has 0 aliphatic rings. The highest BCUT2D eigenvalue weighted by Crippen LogP contribution is 2.23. The highest BCUT2D eigenvalue weighted by molar-refractivity contribution is 7.80. The van der Waals surface area contributed by atoms with Crippen LogP contribution in [-0.4, -0.2) is 18.8 Å². The molecule has 0 heterocycles. The third-order valence-electron chi connectivity index (χ3n) is 2.09. The molecule has 1 amide bonds. The van der Waals surface area contributed by atoms with Gasteiger partial charge in [-0.1, -0.05) is 19.1 Å². The lowest BCUT2D eigenvalue weighted by molar-refractivity contribution is -0.118. The summed E-state index contributed by atoms with van der Waals surface area (Å²) < 4.78 is 5.13. The number of thiol groups is 1. The van der Waals surface area contributed by atoms with Crippen molar-refractivity contribution in [3.8, 4) is 5.75 Å². The number of rotatable bonds is 4. The Morgan fingerprint density at radius 3 is 2.80 bits per heavy atom. The molecule has 0 aliphatic heterocycles. The monoisotopic (exact) mass is 225 g/mol. The molecule has 1 unspecified atom stereocenters. The quantitative estimate of drug-likeness (QED) is 0.771. The fourth-order valence-electron chi connectivity index (χ4n) is 1.09. The van der Waals surface area contributed by atoms with Crippen LogP contribution >= 0.6 is 12.6 Å². The normalized spacial score (nSPS) is 11.9. The summed E-state index contributed by atoms with van der Waals surface area (Å²) in [5.41, 5.74) is 0.693. The summed E-state index contributed by atoms with van der Waals surface area (Å²) >= 11 is 4.08. The first-order valence-corrected chi connectivity index (χ1v) is 5.37. The van der Waals surface area contributed by atoms with E-state index in [9.17, 15) is 4.79 Å². The molecule has 0 fully saturated rings. The highest BCUT2D eigenvalue weighted by Gasteiger charge is 2.12. The molecule has 0 spiro atoms. The van der Waals surface area contributed by atoms with Crippen LogP contribution in [-0.2, 0) is 4.79 Å². The second-order valence-corrected chi connectivity index (χ2v) is 3.64. The summed E-state index contributed by atoms with van der Waals surface area (Å²) in [7, 11) is 1.58. The van der Waals surface area contributed by atoms with E-state index in [1.807, 2.05) is 25.1 Å². The molecule has 0 radical (unpaired) electrons. The van der Waals surface area contributed by atoms with Crippen LogP contribution in [0.25, 0.3) is 0 Å². The van der Waals surface area contributed by atoms with Gasteiger partial charge >= 0.3 is 0 Å². The Labute approximate surface area is 95.2 Å². The van der Waals surface area contributed by atoms with Gasteiger partial charge in [0.05, 0.1) is 12.8 Å². The minimum atomic E-state index is -0.113. The lowest BCUT2D eigenvalue weighted by atomic mass is 10.2. The molecule has 0 bridgehead atoms. The molecule has 0 aliphatic carbocycles. The number of hydrogen-bond donors (Lipinski definition) is 2. The Bertz CT molecular complexity index is 341. The number of methoxy groups -OCH3 is 1. The summed E-state index contributed by atoms with van der Waals surface area (Å²) in [6, 6.07) is 7.32. The van der Waals surface area contributed by atoms with Crippen LogP contribution in [0.5, 0.6) is 5.75 Å². The number of carbonyl (C=O) groups excluding carboxylic acids is 1. The molecule has 0 aromatic heterocycles. The molecule has 4 heteroatoms. The van der Waals surface area contributed by atoms with Gasteiger partial charge in [-0.2, -0.15) is 12.6 Å². The van der Waals surface area contributed by atoms with Gasteiger partial charge in [0, 0.05) is 11.7 Å². The van der Waals surface area contributed by atoms with Gasteiger partial charge in [-0.3, -0.25) is 4.79 Å². The zero-order valence-corrected chi connectivity index (χ0v) is 9.75. The largest absolute Gasteiger partial charge is 0.495 e. The molecular formula is C11H15NO2S. The van der Waals surface area contributed by atoms with Gasteiger partial charge in [0.15, 0.2) is 0 Å².